The Labute approximate surface area is 137 Å². The minimum absolute atomic E-state index is 0. The Kier molecular flexibility index (Phi) is 6.14. The fourth-order valence-electron chi connectivity index (χ4n) is 3.30. The molecule has 3 rings (SSSR count). The van der Waals surface area contributed by atoms with E-state index in [1.165, 1.54) is 6.42 Å². The molecule has 2 fully saturated rings. The van der Waals surface area contributed by atoms with Gasteiger partial charge in [0.1, 0.15) is 0 Å². The number of hydrogen-bond donors (Lipinski definition) is 1. The molecule has 6 nitrogen and oxygen atoms in total. The van der Waals surface area contributed by atoms with Crippen molar-refractivity contribution in [3.8, 4) is 0 Å². The highest BCUT2D eigenvalue weighted by Gasteiger charge is 2.26. The van der Waals surface area contributed by atoms with Gasteiger partial charge in [0.05, 0.1) is 4.92 Å². The van der Waals surface area contributed by atoms with Gasteiger partial charge in [-0.05, 0) is 13.0 Å². The molecule has 2 saturated heterocycles. The molecule has 0 saturated carbocycles. The molecule has 1 aromatic carbocycles. The summed E-state index contributed by atoms with van der Waals surface area (Å²) in [5.41, 5.74) is 1.05. The number of nitrogens with zero attached hydrogens (tertiary/aromatic N) is 3. The maximum Gasteiger partial charge on any atom is 0.273 e. The van der Waals surface area contributed by atoms with E-state index in [1.807, 2.05) is 12.1 Å². The van der Waals surface area contributed by atoms with Crippen molar-refractivity contribution in [2.75, 3.05) is 39.3 Å². The van der Waals surface area contributed by atoms with E-state index < -0.39 is 0 Å². The first-order chi connectivity index (χ1) is 10.2. The zero-order valence-corrected chi connectivity index (χ0v) is 13.4. The second-order valence-corrected chi connectivity index (χ2v) is 5.84. The van der Waals surface area contributed by atoms with Gasteiger partial charge in [-0.2, -0.15) is 0 Å². The number of para-hydroxylation sites is 1. The summed E-state index contributed by atoms with van der Waals surface area (Å²) in [7, 11) is 0. The molecule has 7 heteroatoms. The summed E-state index contributed by atoms with van der Waals surface area (Å²) in [4.78, 5) is 15.7. The van der Waals surface area contributed by atoms with Gasteiger partial charge in [-0.1, -0.05) is 18.2 Å². The lowest BCUT2D eigenvalue weighted by atomic mass is 10.1. The van der Waals surface area contributed by atoms with Gasteiger partial charge in [0.2, 0.25) is 0 Å². The van der Waals surface area contributed by atoms with Gasteiger partial charge < -0.3 is 5.32 Å². The molecule has 0 bridgehead atoms. The number of nitro benzene ring substituents is 1. The molecule has 1 unspecified atom stereocenters. The number of nitro groups is 1. The quantitative estimate of drug-likeness (QED) is 0.671. The Morgan fingerprint density at radius 3 is 2.59 bits per heavy atom. The number of nitrogens with one attached hydrogen (secondary N) is 1. The fourth-order valence-corrected chi connectivity index (χ4v) is 3.30. The first-order valence-electron chi connectivity index (χ1n) is 7.63. The van der Waals surface area contributed by atoms with E-state index in [9.17, 15) is 10.1 Å². The summed E-state index contributed by atoms with van der Waals surface area (Å²) in [6.45, 7) is 7.00. The van der Waals surface area contributed by atoms with Crippen LogP contribution in [0.5, 0.6) is 0 Å². The van der Waals surface area contributed by atoms with Crippen LogP contribution in [-0.4, -0.2) is 60.0 Å². The van der Waals surface area contributed by atoms with Crippen molar-refractivity contribution in [1.82, 2.24) is 15.1 Å². The molecule has 1 N–H and O–H groups in total. The van der Waals surface area contributed by atoms with Gasteiger partial charge in [-0.3, -0.25) is 19.9 Å². The Morgan fingerprint density at radius 2 is 1.95 bits per heavy atom. The number of hydrogen-bond acceptors (Lipinski definition) is 5. The van der Waals surface area contributed by atoms with Crippen molar-refractivity contribution in [3.05, 3.63) is 39.9 Å². The van der Waals surface area contributed by atoms with E-state index in [1.54, 1.807) is 12.1 Å². The summed E-state index contributed by atoms with van der Waals surface area (Å²) >= 11 is 0. The standard InChI is InChI=1S/C15H22N4O2.ClH/c20-19(21)15-4-2-1-3-13(15)12-17-7-9-18(10-8-17)14-5-6-16-11-14;/h1-4,14,16H,5-12H2;1H. The van der Waals surface area contributed by atoms with Crippen molar-refractivity contribution in [2.24, 2.45) is 0 Å². The molecule has 0 aliphatic carbocycles. The summed E-state index contributed by atoms with van der Waals surface area (Å²) in [5.74, 6) is 0. The Bertz CT molecular complexity index is 500. The van der Waals surface area contributed by atoms with E-state index in [0.717, 1.165) is 44.8 Å². The highest BCUT2D eigenvalue weighted by molar-refractivity contribution is 5.85. The number of halogens is 1. The molecule has 1 atom stereocenters. The zero-order valence-electron chi connectivity index (χ0n) is 12.6. The lowest BCUT2D eigenvalue weighted by Gasteiger charge is -2.37. The number of rotatable bonds is 4. The van der Waals surface area contributed by atoms with Crippen molar-refractivity contribution < 1.29 is 4.92 Å². The zero-order chi connectivity index (χ0) is 14.7. The number of piperazine rings is 1. The maximum absolute atomic E-state index is 11.1. The summed E-state index contributed by atoms with van der Waals surface area (Å²) in [5, 5.41) is 14.5. The van der Waals surface area contributed by atoms with Crippen LogP contribution in [0, 0.1) is 10.1 Å². The summed E-state index contributed by atoms with van der Waals surface area (Å²) < 4.78 is 0. The molecule has 122 valence electrons. The van der Waals surface area contributed by atoms with Crippen molar-refractivity contribution in [3.63, 3.8) is 0 Å². The molecule has 0 spiro atoms. The van der Waals surface area contributed by atoms with Gasteiger partial charge in [0.15, 0.2) is 0 Å². The molecule has 0 amide bonds. The number of benzene rings is 1. The van der Waals surface area contributed by atoms with E-state index in [-0.39, 0.29) is 23.0 Å². The lowest BCUT2D eigenvalue weighted by molar-refractivity contribution is -0.385. The van der Waals surface area contributed by atoms with Crippen LogP contribution in [0.4, 0.5) is 5.69 Å². The van der Waals surface area contributed by atoms with Crippen LogP contribution < -0.4 is 5.32 Å². The molecular formula is C15H23ClN4O2. The molecular weight excluding hydrogens is 304 g/mol. The molecule has 2 heterocycles. The molecule has 22 heavy (non-hydrogen) atoms. The third-order valence-electron chi connectivity index (χ3n) is 4.54. The second kappa shape index (κ2) is 7.87. The van der Waals surface area contributed by atoms with Gasteiger partial charge in [0.25, 0.3) is 5.69 Å². The smallest absolute Gasteiger partial charge is 0.273 e. The predicted octanol–water partition coefficient (Wildman–Crippen LogP) is 1.50. The van der Waals surface area contributed by atoms with Gasteiger partial charge >= 0.3 is 0 Å². The molecule has 2 aliphatic heterocycles. The van der Waals surface area contributed by atoms with Crippen LogP contribution in [0.15, 0.2) is 24.3 Å². The third kappa shape index (κ3) is 3.95. The fraction of sp³-hybridized carbons (Fsp3) is 0.600. The largest absolute Gasteiger partial charge is 0.315 e. The molecule has 1 aromatic rings. The summed E-state index contributed by atoms with van der Waals surface area (Å²) in [6, 6.07) is 7.74. The van der Waals surface area contributed by atoms with Gasteiger partial charge in [-0.25, -0.2) is 0 Å². The predicted molar refractivity (Wildman–Crippen MR) is 88.5 cm³/mol. The van der Waals surface area contributed by atoms with Gasteiger partial charge in [-0.15, -0.1) is 12.4 Å². The third-order valence-corrected chi connectivity index (χ3v) is 4.54. The molecule has 0 radical (unpaired) electrons. The van der Waals surface area contributed by atoms with Crippen molar-refractivity contribution in [2.45, 2.75) is 19.0 Å². The van der Waals surface area contributed by atoms with Crippen LogP contribution in [0.2, 0.25) is 0 Å². The highest BCUT2D eigenvalue weighted by Crippen LogP contribution is 2.21. The Morgan fingerprint density at radius 1 is 1.23 bits per heavy atom. The maximum atomic E-state index is 11.1. The minimum atomic E-state index is -0.282. The van der Waals surface area contributed by atoms with E-state index in [4.69, 9.17) is 0 Å². The minimum Gasteiger partial charge on any atom is -0.315 e. The van der Waals surface area contributed by atoms with Crippen molar-refractivity contribution in [1.29, 1.82) is 0 Å². The van der Waals surface area contributed by atoms with E-state index in [2.05, 4.69) is 15.1 Å². The van der Waals surface area contributed by atoms with Crippen LogP contribution in [-0.2, 0) is 6.54 Å². The van der Waals surface area contributed by atoms with Crippen molar-refractivity contribution >= 4 is 18.1 Å². The molecule has 2 aliphatic rings. The average molecular weight is 327 g/mol. The Hall–Kier alpha value is -1.21. The van der Waals surface area contributed by atoms with E-state index >= 15 is 0 Å². The highest BCUT2D eigenvalue weighted by atomic mass is 35.5. The monoisotopic (exact) mass is 326 g/mol. The van der Waals surface area contributed by atoms with Crippen LogP contribution in [0.1, 0.15) is 12.0 Å². The normalized spacial score (nSPS) is 23.2. The first-order valence-corrected chi connectivity index (χ1v) is 7.63. The SMILES string of the molecule is Cl.O=[N+]([O-])c1ccccc1CN1CCN(C2CCNC2)CC1. The topological polar surface area (TPSA) is 61.7 Å². The molecule has 0 aromatic heterocycles. The van der Waals surface area contributed by atoms with Crippen LogP contribution in [0.3, 0.4) is 0 Å². The lowest BCUT2D eigenvalue weighted by Crippen LogP contribution is -2.50. The average Bonchev–Trinajstić information content (AvgIpc) is 3.03. The van der Waals surface area contributed by atoms with E-state index in [0.29, 0.717) is 12.6 Å². The van der Waals surface area contributed by atoms with Crippen LogP contribution in [0.25, 0.3) is 0 Å². The summed E-state index contributed by atoms with van der Waals surface area (Å²) in [6.07, 6.45) is 1.24. The Balaban J connectivity index is 0.00000176. The second-order valence-electron chi connectivity index (χ2n) is 5.84. The van der Waals surface area contributed by atoms with Crippen LogP contribution >= 0.6 is 12.4 Å². The van der Waals surface area contributed by atoms with Gasteiger partial charge in [0, 0.05) is 56.9 Å². The first kappa shape index (κ1) is 17.1.